The summed E-state index contributed by atoms with van der Waals surface area (Å²) in [6, 6.07) is 3.91. The van der Waals surface area contributed by atoms with E-state index in [1.807, 2.05) is 25.3 Å². The highest BCUT2D eigenvalue weighted by Crippen LogP contribution is 2.18. The Hall–Kier alpha value is -0.940. The topological polar surface area (TPSA) is 54.4 Å². The van der Waals surface area contributed by atoms with Gasteiger partial charge in [0.25, 0.3) is 0 Å². The van der Waals surface area contributed by atoms with Crippen LogP contribution >= 0.6 is 11.8 Å². The summed E-state index contributed by atoms with van der Waals surface area (Å²) in [6.07, 6.45) is 3.69. The van der Waals surface area contributed by atoms with Crippen LogP contribution in [0.25, 0.3) is 0 Å². The Bertz CT molecular complexity index is 319. The summed E-state index contributed by atoms with van der Waals surface area (Å²) in [5.41, 5.74) is 0.951. The van der Waals surface area contributed by atoms with Crippen molar-refractivity contribution in [3.8, 4) is 5.88 Å². The van der Waals surface area contributed by atoms with E-state index in [0.717, 1.165) is 5.69 Å². The zero-order chi connectivity index (χ0) is 12.0. The number of hydrogen-bond acceptors (Lipinski definition) is 5. The van der Waals surface area contributed by atoms with Crippen LogP contribution in [0.1, 0.15) is 6.92 Å². The second kappa shape index (κ2) is 6.60. The molecule has 0 aliphatic rings. The first kappa shape index (κ1) is 13.1. The summed E-state index contributed by atoms with van der Waals surface area (Å²) < 4.78 is 5.04. The van der Waals surface area contributed by atoms with E-state index in [0.29, 0.717) is 5.88 Å². The lowest BCUT2D eigenvalue weighted by Crippen LogP contribution is -2.30. The Labute approximate surface area is 100 Å². The molecule has 2 atom stereocenters. The number of anilines is 1. The van der Waals surface area contributed by atoms with Gasteiger partial charge < -0.3 is 15.2 Å². The molecule has 2 N–H and O–H groups in total. The van der Waals surface area contributed by atoms with Gasteiger partial charge in [-0.05, 0) is 19.2 Å². The van der Waals surface area contributed by atoms with Crippen molar-refractivity contribution in [2.24, 2.45) is 0 Å². The molecular formula is C11H18N2O2S. The number of aliphatic hydroxyl groups excluding tert-OH is 1. The molecule has 90 valence electrons. The van der Waals surface area contributed by atoms with Crippen molar-refractivity contribution in [1.29, 1.82) is 0 Å². The lowest BCUT2D eigenvalue weighted by atomic mass is 10.2. The monoisotopic (exact) mass is 242 g/mol. The second-order valence-corrected chi connectivity index (χ2v) is 4.55. The Balaban J connectivity index is 2.64. The van der Waals surface area contributed by atoms with Gasteiger partial charge in [0, 0.05) is 29.2 Å². The average molecular weight is 242 g/mol. The predicted molar refractivity (Wildman–Crippen MR) is 68.3 cm³/mol. The molecule has 1 aromatic heterocycles. The molecule has 0 radical (unpaired) electrons. The van der Waals surface area contributed by atoms with Crippen LogP contribution in [0.3, 0.4) is 0 Å². The summed E-state index contributed by atoms with van der Waals surface area (Å²) in [4.78, 5) is 4.03. The minimum absolute atomic E-state index is 0.164. The Morgan fingerprint density at radius 3 is 2.94 bits per heavy atom. The van der Waals surface area contributed by atoms with E-state index in [1.165, 1.54) is 0 Å². The van der Waals surface area contributed by atoms with Gasteiger partial charge in [-0.15, -0.1) is 0 Å². The zero-order valence-corrected chi connectivity index (χ0v) is 10.6. The van der Waals surface area contributed by atoms with Crippen molar-refractivity contribution in [2.45, 2.75) is 18.2 Å². The number of rotatable bonds is 6. The average Bonchev–Trinajstić information content (AvgIpc) is 2.31. The molecule has 0 fully saturated rings. The highest BCUT2D eigenvalue weighted by molar-refractivity contribution is 7.99. The van der Waals surface area contributed by atoms with Gasteiger partial charge in [-0.2, -0.15) is 11.8 Å². The number of hydrogen-bond donors (Lipinski definition) is 2. The molecule has 2 unspecified atom stereocenters. The van der Waals surface area contributed by atoms with Crippen LogP contribution in [0.4, 0.5) is 5.69 Å². The smallest absolute Gasteiger partial charge is 0.214 e. The van der Waals surface area contributed by atoms with Crippen LogP contribution < -0.4 is 10.1 Å². The summed E-state index contributed by atoms with van der Waals surface area (Å²) in [5, 5.41) is 12.7. The van der Waals surface area contributed by atoms with Crippen molar-refractivity contribution in [1.82, 2.24) is 4.98 Å². The number of nitrogens with one attached hydrogen (secondary N) is 1. The third kappa shape index (κ3) is 3.57. The van der Waals surface area contributed by atoms with Gasteiger partial charge in [0.1, 0.15) is 0 Å². The van der Waals surface area contributed by atoms with Crippen LogP contribution in [0.5, 0.6) is 5.88 Å². The molecule has 0 aromatic carbocycles. The van der Waals surface area contributed by atoms with Gasteiger partial charge >= 0.3 is 0 Å². The number of nitrogens with zero attached hydrogens (tertiary/aromatic N) is 1. The van der Waals surface area contributed by atoms with Gasteiger partial charge in [0.15, 0.2) is 0 Å². The quantitative estimate of drug-likeness (QED) is 0.794. The number of aromatic nitrogens is 1. The van der Waals surface area contributed by atoms with Gasteiger partial charge in [0.2, 0.25) is 5.88 Å². The first-order valence-electron chi connectivity index (χ1n) is 5.11. The van der Waals surface area contributed by atoms with Crippen LogP contribution in [0, 0.1) is 0 Å². The minimum atomic E-state index is 0.164. The number of methoxy groups -OCH3 is 1. The Kier molecular flexibility index (Phi) is 5.42. The molecule has 0 aliphatic carbocycles. The first-order valence-corrected chi connectivity index (χ1v) is 6.40. The zero-order valence-electron chi connectivity index (χ0n) is 9.80. The van der Waals surface area contributed by atoms with Gasteiger partial charge in [-0.3, -0.25) is 0 Å². The third-order valence-electron chi connectivity index (χ3n) is 2.38. The lowest BCUT2D eigenvalue weighted by molar-refractivity contribution is 0.288. The normalized spacial score (nSPS) is 14.2. The lowest BCUT2D eigenvalue weighted by Gasteiger charge is -2.22. The van der Waals surface area contributed by atoms with Crippen LogP contribution in [0.15, 0.2) is 18.3 Å². The maximum absolute atomic E-state index is 9.18. The molecular weight excluding hydrogens is 224 g/mol. The molecule has 4 nitrogen and oxygen atoms in total. The number of aliphatic hydroxyl groups is 1. The fraction of sp³-hybridized carbons (Fsp3) is 0.545. The number of ether oxygens (including phenoxy) is 1. The summed E-state index contributed by atoms with van der Waals surface area (Å²) in [7, 11) is 1.59. The van der Waals surface area contributed by atoms with E-state index < -0.39 is 0 Å². The SMILES string of the molecule is COc1cc(NC(C)C(CO)SC)ccn1. The minimum Gasteiger partial charge on any atom is -0.481 e. The molecule has 0 spiro atoms. The molecule has 1 aromatic rings. The number of pyridine rings is 1. The largest absolute Gasteiger partial charge is 0.481 e. The molecule has 0 saturated heterocycles. The van der Waals surface area contributed by atoms with Crippen LogP contribution in [0.2, 0.25) is 0 Å². The Morgan fingerprint density at radius 2 is 2.38 bits per heavy atom. The van der Waals surface area contributed by atoms with Crippen molar-refractivity contribution < 1.29 is 9.84 Å². The molecule has 5 heteroatoms. The molecule has 0 aliphatic heterocycles. The summed E-state index contributed by atoms with van der Waals surface area (Å²) in [6.45, 7) is 2.21. The maximum atomic E-state index is 9.18. The molecule has 0 bridgehead atoms. The highest BCUT2D eigenvalue weighted by Gasteiger charge is 2.14. The standard InChI is InChI=1S/C11H18N2O2S/c1-8(10(7-14)16-3)13-9-4-5-12-11(6-9)15-2/h4-6,8,10,14H,7H2,1-3H3,(H,12,13). The van der Waals surface area contributed by atoms with E-state index >= 15 is 0 Å². The second-order valence-electron chi connectivity index (χ2n) is 3.48. The molecule has 16 heavy (non-hydrogen) atoms. The molecule has 0 amide bonds. The predicted octanol–water partition coefficient (Wildman–Crippen LogP) is 1.61. The fourth-order valence-corrected chi connectivity index (χ4v) is 2.03. The van der Waals surface area contributed by atoms with Crippen molar-refractivity contribution in [3.05, 3.63) is 18.3 Å². The Morgan fingerprint density at radius 1 is 1.62 bits per heavy atom. The van der Waals surface area contributed by atoms with E-state index in [-0.39, 0.29) is 17.9 Å². The van der Waals surface area contributed by atoms with E-state index in [1.54, 1.807) is 25.1 Å². The molecule has 1 heterocycles. The molecule has 1 rings (SSSR count). The highest BCUT2D eigenvalue weighted by atomic mass is 32.2. The first-order chi connectivity index (χ1) is 7.71. The van der Waals surface area contributed by atoms with E-state index in [4.69, 9.17) is 4.74 Å². The van der Waals surface area contributed by atoms with Gasteiger partial charge in [-0.1, -0.05) is 0 Å². The van der Waals surface area contributed by atoms with Gasteiger partial charge in [-0.25, -0.2) is 4.98 Å². The van der Waals surface area contributed by atoms with Crippen LogP contribution in [-0.4, -0.2) is 41.4 Å². The fourth-order valence-electron chi connectivity index (χ4n) is 1.40. The third-order valence-corrected chi connectivity index (χ3v) is 3.54. The number of thioether (sulfide) groups is 1. The van der Waals surface area contributed by atoms with E-state index in [2.05, 4.69) is 10.3 Å². The van der Waals surface area contributed by atoms with Gasteiger partial charge in [0.05, 0.1) is 13.7 Å². The molecule has 0 saturated carbocycles. The van der Waals surface area contributed by atoms with Crippen LogP contribution in [-0.2, 0) is 0 Å². The van der Waals surface area contributed by atoms with Crippen molar-refractivity contribution in [2.75, 3.05) is 25.3 Å². The van der Waals surface area contributed by atoms with E-state index in [9.17, 15) is 5.11 Å². The summed E-state index contributed by atoms with van der Waals surface area (Å²) in [5.74, 6) is 0.585. The van der Waals surface area contributed by atoms with Crippen molar-refractivity contribution >= 4 is 17.4 Å². The van der Waals surface area contributed by atoms with Crippen molar-refractivity contribution in [3.63, 3.8) is 0 Å². The summed E-state index contributed by atoms with van der Waals surface area (Å²) >= 11 is 1.65. The maximum Gasteiger partial charge on any atom is 0.214 e.